The minimum Gasteiger partial charge on any atom is -0.383 e. The van der Waals surface area contributed by atoms with E-state index in [0.717, 1.165) is 18.5 Å². The Hall–Kier alpha value is -2.19. The molecular formula is C14H16ClN5. The molecule has 0 amide bonds. The zero-order chi connectivity index (χ0) is 14.5. The number of anilines is 2. The second-order valence-corrected chi connectivity index (χ2v) is 4.87. The third-order valence-electron chi connectivity index (χ3n) is 2.89. The van der Waals surface area contributed by atoms with Crippen molar-refractivity contribution in [2.75, 3.05) is 17.6 Å². The summed E-state index contributed by atoms with van der Waals surface area (Å²) in [6.45, 7) is 3.31. The van der Waals surface area contributed by atoms with Crippen molar-refractivity contribution in [3.05, 3.63) is 40.4 Å². The molecule has 1 heterocycles. The lowest BCUT2D eigenvalue weighted by molar-refractivity contribution is 0.698. The molecule has 1 aromatic heterocycles. The maximum atomic E-state index is 9.17. The van der Waals surface area contributed by atoms with Gasteiger partial charge in [0.15, 0.2) is 5.82 Å². The molecule has 2 rings (SSSR count). The highest BCUT2D eigenvalue weighted by Crippen LogP contribution is 2.22. The fourth-order valence-electron chi connectivity index (χ4n) is 1.84. The van der Waals surface area contributed by atoms with Crippen molar-refractivity contribution in [3.8, 4) is 6.07 Å². The van der Waals surface area contributed by atoms with Crippen LogP contribution in [0.4, 0.5) is 11.6 Å². The normalized spacial score (nSPS) is 10.2. The molecule has 2 aromatic rings. The first-order chi connectivity index (χ1) is 9.65. The summed E-state index contributed by atoms with van der Waals surface area (Å²) in [7, 11) is 0. The van der Waals surface area contributed by atoms with E-state index in [9.17, 15) is 5.26 Å². The summed E-state index contributed by atoms with van der Waals surface area (Å²) in [5.74, 6) is 0.918. The van der Waals surface area contributed by atoms with Gasteiger partial charge in [-0.1, -0.05) is 30.7 Å². The van der Waals surface area contributed by atoms with Gasteiger partial charge in [0.1, 0.15) is 17.5 Å². The van der Waals surface area contributed by atoms with Gasteiger partial charge in [0.25, 0.3) is 0 Å². The number of nitrogens with two attached hydrogens (primary N) is 1. The molecule has 0 fully saturated rings. The molecule has 0 spiro atoms. The number of aromatic nitrogens is 2. The van der Waals surface area contributed by atoms with Gasteiger partial charge in [-0.15, -0.1) is 0 Å². The van der Waals surface area contributed by atoms with Crippen LogP contribution in [0.15, 0.2) is 24.3 Å². The molecule has 0 atom stereocenters. The minimum atomic E-state index is 0.376. The average Bonchev–Trinajstić information content (AvgIpc) is 2.75. The van der Waals surface area contributed by atoms with E-state index in [4.69, 9.17) is 17.3 Å². The summed E-state index contributed by atoms with van der Waals surface area (Å²) in [6.07, 6.45) is 0.953. The van der Waals surface area contributed by atoms with Gasteiger partial charge in [0.2, 0.25) is 0 Å². The molecule has 0 aliphatic rings. The van der Waals surface area contributed by atoms with E-state index in [-0.39, 0.29) is 0 Å². The van der Waals surface area contributed by atoms with E-state index in [2.05, 4.69) is 16.5 Å². The molecule has 0 aliphatic carbocycles. The van der Waals surface area contributed by atoms with Gasteiger partial charge in [0.05, 0.1) is 6.54 Å². The van der Waals surface area contributed by atoms with Gasteiger partial charge in [0, 0.05) is 11.6 Å². The zero-order valence-electron chi connectivity index (χ0n) is 11.2. The van der Waals surface area contributed by atoms with Gasteiger partial charge in [-0.3, -0.25) is 0 Å². The van der Waals surface area contributed by atoms with Crippen molar-refractivity contribution in [1.82, 2.24) is 9.78 Å². The average molecular weight is 290 g/mol. The van der Waals surface area contributed by atoms with Crippen LogP contribution in [0.25, 0.3) is 0 Å². The predicted molar refractivity (Wildman–Crippen MR) is 80.7 cm³/mol. The number of hydrogen-bond acceptors (Lipinski definition) is 4. The van der Waals surface area contributed by atoms with Crippen molar-refractivity contribution in [1.29, 1.82) is 5.26 Å². The van der Waals surface area contributed by atoms with E-state index in [1.54, 1.807) is 4.68 Å². The fourth-order valence-corrected chi connectivity index (χ4v) is 1.96. The van der Waals surface area contributed by atoms with Crippen molar-refractivity contribution in [3.63, 3.8) is 0 Å². The molecule has 0 saturated carbocycles. The highest BCUT2D eigenvalue weighted by atomic mass is 35.5. The molecule has 0 unspecified atom stereocenters. The molecular weight excluding hydrogens is 274 g/mol. The summed E-state index contributed by atoms with van der Waals surface area (Å²) in [6, 6.07) is 9.55. The Morgan fingerprint density at radius 3 is 2.70 bits per heavy atom. The number of rotatable bonds is 5. The van der Waals surface area contributed by atoms with Crippen molar-refractivity contribution in [2.45, 2.75) is 19.9 Å². The van der Waals surface area contributed by atoms with Gasteiger partial charge >= 0.3 is 0 Å². The first-order valence-corrected chi connectivity index (χ1v) is 6.78. The van der Waals surface area contributed by atoms with Gasteiger partial charge < -0.3 is 11.1 Å². The lowest BCUT2D eigenvalue weighted by atomic mass is 10.2. The summed E-state index contributed by atoms with van der Waals surface area (Å²) in [5.41, 5.74) is 7.40. The van der Waals surface area contributed by atoms with E-state index in [1.165, 1.54) is 0 Å². The Kier molecular flexibility index (Phi) is 4.49. The third-order valence-corrected chi connectivity index (χ3v) is 3.14. The number of halogens is 1. The first-order valence-electron chi connectivity index (χ1n) is 6.40. The molecule has 1 aromatic carbocycles. The molecule has 104 valence electrons. The largest absolute Gasteiger partial charge is 0.383 e. The summed E-state index contributed by atoms with van der Waals surface area (Å²) < 4.78 is 1.62. The highest BCUT2D eigenvalue weighted by Gasteiger charge is 2.15. The van der Waals surface area contributed by atoms with Crippen LogP contribution in [0.3, 0.4) is 0 Å². The van der Waals surface area contributed by atoms with Crippen LogP contribution in [0, 0.1) is 11.3 Å². The van der Waals surface area contributed by atoms with E-state index >= 15 is 0 Å². The third kappa shape index (κ3) is 3.03. The van der Waals surface area contributed by atoms with Crippen LogP contribution in [0.1, 0.15) is 24.5 Å². The molecule has 0 saturated heterocycles. The van der Waals surface area contributed by atoms with Crippen LogP contribution >= 0.6 is 11.6 Å². The van der Waals surface area contributed by atoms with Gasteiger partial charge in [-0.25, -0.2) is 4.68 Å². The summed E-state index contributed by atoms with van der Waals surface area (Å²) in [4.78, 5) is 0. The number of nitrogens with zero attached hydrogens (tertiary/aromatic N) is 3. The number of benzene rings is 1. The number of nitriles is 1. The summed E-state index contributed by atoms with van der Waals surface area (Å²) >= 11 is 5.85. The quantitative estimate of drug-likeness (QED) is 0.887. The molecule has 0 aliphatic heterocycles. The maximum Gasteiger partial charge on any atom is 0.168 e. The van der Waals surface area contributed by atoms with E-state index in [1.807, 2.05) is 31.2 Å². The van der Waals surface area contributed by atoms with Gasteiger partial charge in [-0.2, -0.15) is 10.4 Å². The van der Waals surface area contributed by atoms with E-state index in [0.29, 0.717) is 28.8 Å². The molecule has 6 heteroatoms. The van der Waals surface area contributed by atoms with Crippen LogP contribution in [-0.2, 0) is 6.54 Å². The Morgan fingerprint density at radius 1 is 1.40 bits per heavy atom. The zero-order valence-corrected chi connectivity index (χ0v) is 12.0. The van der Waals surface area contributed by atoms with Crippen LogP contribution in [0.5, 0.6) is 0 Å². The lowest BCUT2D eigenvalue weighted by Crippen LogP contribution is -2.06. The highest BCUT2D eigenvalue weighted by molar-refractivity contribution is 6.30. The Balaban J connectivity index is 2.26. The number of nitrogens with one attached hydrogen (secondary N) is 1. The molecule has 3 N–H and O–H groups in total. The molecule has 0 radical (unpaired) electrons. The second kappa shape index (κ2) is 6.31. The standard InChI is InChI=1S/C14H16ClN5/c1-2-7-18-14-12(8-16)13(17)20(19-14)9-10-3-5-11(15)6-4-10/h3-6H,2,7,9,17H2,1H3,(H,18,19). The Morgan fingerprint density at radius 2 is 2.10 bits per heavy atom. The SMILES string of the molecule is CCCNc1nn(Cc2ccc(Cl)cc2)c(N)c1C#N. The first kappa shape index (κ1) is 14.2. The second-order valence-electron chi connectivity index (χ2n) is 4.43. The Bertz CT molecular complexity index is 624. The number of hydrogen-bond donors (Lipinski definition) is 2. The monoisotopic (exact) mass is 289 g/mol. The van der Waals surface area contributed by atoms with Crippen molar-refractivity contribution >= 4 is 23.2 Å². The lowest BCUT2D eigenvalue weighted by Gasteiger charge is -2.04. The van der Waals surface area contributed by atoms with Crippen molar-refractivity contribution in [2.24, 2.45) is 0 Å². The Labute approximate surface area is 123 Å². The van der Waals surface area contributed by atoms with E-state index < -0.39 is 0 Å². The van der Waals surface area contributed by atoms with Gasteiger partial charge in [-0.05, 0) is 24.1 Å². The van der Waals surface area contributed by atoms with Crippen LogP contribution in [-0.4, -0.2) is 16.3 Å². The maximum absolute atomic E-state index is 9.17. The topological polar surface area (TPSA) is 79.7 Å². The smallest absolute Gasteiger partial charge is 0.168 e. The molecule has 20 heavy (non-hydrogen) atoms. The predicted octanol–water partition coefficient (Wildman–Crippen LogP) is 2.86. The van der Waals surface area contributed by atoms with Crippen molar-refractivity contribution < 1.29 is 0 Å². The van der Waals surface area contributed by atoms with Crippen LogP contribution in [0.2, 0.25) is 5.02 Å². The molecule has 5 nitrogen and oxygen atoms in total. The fraction of sp³-hybridized carbons (Fsp3) is 0.286. The molecule has 0 bridgehead atoms. The van der Waals surface area contributed by atoms with Crippen LogP contribution < -0.4 is 11.1 Å². The minimum absolute atomic E-state index is 0.376. The summed E-state index contributed by atoms with van der Waals surface area (Å²) in [5, 5.41) is 17.3. The number of nitrogen functional groups attached to an aromatic ring is 1.